The van der Waals surface area contributed by atoms with Gasteiger partial charge in [0.15, 0.2) is 0 Å². The topological polar surface area (TPSA) is 0 Å². The lowest BCUT2D eigenvalue weighted by Gasteiger charge is -1.82. The highest BCUT2D eigenvalue weighted by atomic mass is 13.8. The fourth-order valence-electron chi connectivity index (χ4n) is 0.250. The maximum absolute atomic E-state index is 7.31. The summed E-state index contributed by atoms with van der Waals surface area (Å²) < 4.78 is 50.2. The number of hydrogen-bond donors (Lipinski definition) is 0. The lowest BCUT2D eigenvalue weighted by atomic mass is 10.2. The first kappa shape index (κ1) is 0.970. The summed E-state index contributed by atoms with van der Waals surface area (Å²) >= 11 is 0. The predicted molar refractivity (Wildman–Crippen MR) is 30.0 cm³/mol. The molecule has 1 rings (SSSR count). The highest BCUT2D eigenvalue weighted by Crippen LogP contribution is 1.91. The Labute approximate surface area is 53.6 Å². The van der Waals surface area contributed by atoms with E-state index in [1.54, 1.807) is 0 Å². The van der Waals surface area contributed by atoms with Gasteiger partial charge in [-0.05, 0) is 12.9 Å². The summed E-state index contributed by atoms with van der Waals surface area (Å²) in [7, 11) is 0. The first-order chi connectivity index (χ1) is 6.25. The first-order valence-electron chi connectivity index (χ1n) is 5.25. The van der Waals surface area contributed by atoms with Crippen LogP contribution in [0.3, 0.4) is 0 Å². The van der Waals surface area contributed by atoms with Crippen LogP contribution in [-0.2, 0) is 0 Å². The normalized spacial score (nSPS) is 24.9. The Morgan fingerprint density at radius 3 is 3.00 bits per heavy atom. The smallest absolute Gasteiger partial charge is 0.0587 e. The summed E-state index contributed by atoms with van der Waals surface area (Å²) in [6.45, 7) is -2.63. The predicted octanol–water partition coefficient (Wildman–Crippen LogP) is 1.80. The van der Waals surface area contributed by atoms with Gasteiger partial charge in [-0.1, -0.05) is 29.7 Å². The van der Waals surface area contributed by atoms with Gasteiger partial charge in [0.1, 0.15) is 0 Å². The summed E-state index contributed by atoms with van der Waals surface area (Å²) in [6, 6.07) is 0.106. The van der Waals surface area contributed by atoms with Gasteiger partial charge < -0.3 is 0 Å². The van der Waals surface area contributed by atoms with E-state index in [9.17, 15) is 0 Å². The molecule has 1 radical (unpaired) electrons. The van der Waals surface area contributed by atoms with Crippen LogP contribution in [0.15, 0.2) is 24.2 Å². The minimum absolute atomic E-state index is 0.461. The molecule has 0 saturated carbocycles. The third-order valence-corrected chi connectivity index (χ3v) is 0.500. The van der Waals surface area contributed by atoms with Crippen molar-refractivity contribution in [1.82, 2.24) is 0 Å². The van der Waals surface area contributed by atoms with E-state index in [-0.39, 0.29) is 0 Å². The van der Waals surface area contributed by atoms with E-state index in [4.69, 9.17) is 9.60 Å². The van der Waals surface area contributed by atoms with Crippen LogP contribution in [0.25, 0.3) is 0 Å². The molecular formula is C7H7. The van der Waals surface area contributed by atoms with Crippen molar-refractivity contribution in [2.75, 3.05) is 0 Å². The van der Waals surface area contributed by atoms with Gasteiger partial charge in [-0.15, -0.1) is 0 Å². The second-order valence-electron chi connectivity index (χ2n) is 1.00. The molecule has 0 spiro atoms. The maximum atomic E-state index is 7.31. The molecule has 0 aliphatic rings. The Kier molecular flexibility index (Phi) is 0.247. The molecule has 0 N–H and O–H groups in total. The maximum Gasteiger partial charge on any atom is 0.0629 e. The van der Waals surface area contributed by atoms with E-state index < -0.39 is 36.6 Å². The SMILES string of the molecule is [2H]c1[c]c([2H])c([2H])c(C([2H])([2H])[2H])c1[2H]. The lowest BCUT2D eigenvalue weighted by Crippen LogP contribution is -1.63. The second kappa shape index (κ2) is 1.78. The molecule has 0 atom stereocenters. The van der Waals surface area contributed by atoms with Gasteiger partial charge in [-0.25, -0.2) is 0 Å². The van der Waals surface area contributed by atoms with Gasteiger partial charge in [0, 0.05) is 4.11 Å². The Hall–Kier alpha value is -0.780. The molecule has 0 unspecified atom stereocenters. The van der Waals surface area contributed by atoms with Crippen molar-refractivity contribution in [1.29, 1.82) is 0 Å². The molecule has 0 aliphatic carbocycles. The fourth-order valence-corrected chi connectivity index (χ4v) is 0.250. The third kappa shape index (κ3) is 1.04. The summed E-state index contributed by atoms with van der Waals surface area (Å²) in [4.78, 5) is 0. The van der Waals surface area contributed by atoms with Crippen molar-refractivity contribution in [3.05, 3.63) is 35.8 Å². The molecule has 0 saturated heterocycles. The highest BCUT2D eigenvalue weighted by Gasteiger charge is 1.72. The molecule has 35 valence electrons. The zero-order valence-corrected chi connectivity index (χ0v) is 3.50. The average Bonchev–Trinajstić information content (AvgIpc) is 1.98. The zero-order chi connectivity index (χ0) is 11.1. The molecule has 0 amide bonds. The fraction of sp³-hybridized carbons (Fsp3) is 0.143. The van der Waals surface area contributed by atoms with E-state index in [2.05, 4.69) is 6.07 Å². The molecule has 0 aromatic heterocycles. The molecule has 0 fully saturated rings. The molecule has 0 bridgehead atoms. The molecule has 0 aliphatic heterocycles. The minimum Gasteiger partial charge on any atom is -0.0587 e. The molecular weight excluding hydrogens is 84.1 g/mol. The van der Waals surface area contributed by atoms with Crippen molar-refractivity contribution in [2.24, 2.45) is 0 Å². The third-order valence-electron chi connectivity index (χ3n) is 0.500. The summed E-state index contributed by atoms with van der Waals surface area (Å²) in [5.74, 6) is 0. The van der Waals surface area contributed by atoms with E-state index in [1.807, 2.05) is 0 Å². The van der Waals surface area contributed by atoms with E-state index in [0.29, 0.717) is 0 Å². The van der Waals surface area contributed by atoms with Crippen LogP contribution in [0.4, 0.5) is 0 Å². The van der Waals surface area contributed by atoms with Crippen LogP contribution >= 0.6 is 0 Å². The van der Waals surface area contributed by atoms with Crippen LogP contribution in [0, 0.1) is 12.9 Å². The minimum atomic E-state index is -2.63. The lowest BCUT2D eigenvalue weighted by molar-refractivity contribution is 1.47. The van der Waals surface area contributed by atoms with Crippen LogP contribution in [-0.4, -0.2) is 0 Å². The average molecular weight is 98.2 g/mol. The Morgan fingerprint density at radius 1 is 1.71 bits per heavy atom. The van der Waals surface area contributed by atoms with Crippen LogP contribution in [0.5, 0.6) is 0 Å². The van der Waals surface area contributed by atoms with E-state index >= 15 is 0 Å². The summed E-state index contributed by atoms with van der Waals surface area (Å²) in [5.41, 5.74) is -0.550. The zero-order valence-electron chi connectivity index (χ0n) is 10.5. The standard InChI is InChI=1S/C7H7/c1-7-5-3-2-4-6-7/h3-6H,1H3/i1D3,3D,4D,5D,6D. The van der Waals surface area contributed by atoms with Crippen molar-refractivity contribution in [2.45, 2.75) is 6.85 Å². The van der Waals surface area contributed by atoms with Crippen molar-refractivity contribution in [3.8, 4) is 0 Å². The first-order valence-corrected chi connectivity index (χ1v) is 1.75. The van der Waals surface area contributed by atoms with Gasteiger partial charge in [0.05, 0.1) is 5.48 Å². The Bertz CT molecular complexity index is 339. The molecule has 1 aromatic carbocycles. The van der Waals surface area contributed by atoms with Gasteiger partial charge >= 0.3 is 0 Å². The van der Waals surface area contributed by atoms with Gasteiger partial charge in [0.2, 0.25) is 0 Å². The summed E-state index contributed by atoms with van der Waals surface area (Å²) in [6.07, 6.45) is 0. The monoisotopic (exact) mass is 98.1 g/mol. The molecule has 0 heterocycles. The number of benzene rings is 1. The molecule has 1 aromatic rings. The van der Waals surface area contributed by atoms with Crippen molar-refractivity contribution < 1.29 is 9.60 Å². The molecule has 0 heteroatoms. The van der Waals surface area contributed by atoms with Gasteiger partial charge in [-0.3, -0.25) is 0 Å². The van der Waals surface area contributed by atoms with Crippen molar-refractivity contribution >= 4 is 0 Å². The van der Waals surface area contributed by atoms with Crippen LogP contribution < -0.4 is 0 Å². The van der Waals surface area contributed by atoms with Gasteiger partial charge in [-0.2, -0.15) is 0 Å². The van der Waals surface area contributed by atoms with E-state index in [1.165, 1.54) is 0 Å². The quantitative estimate of drug-likeness (QED) is 0.464. The second-order valence-corrected chi connectivity index (χ2v) is 1.00. The van der Waals surface area contributed by atoms with Gasteiger partial charge in [0.25, 0.3) is 0 Å². The van der Waals surface area contributed by atoms with Crippen LogP contribution in [0.2, 0.25) is 0 Å². The number of rotatable bonds is 0. The molecule has 7 heavy (non-hydrogen) atoms. The number of hydrogen-bond acceptors (Lipinski definition) is 0. The van der Waals surface area contributed by atoms with Crippen LogP contribution in [0.1, 0.15) is 15.2 Å². The highest BCUT2D eigenvalue weighted by molar-refractivity contribution is 5.10. The summed E-state index contributed by atoms with van der Waals surface area (Å²) in [5, 5.41) is 0. The Morgan fingerprint density at radius 2 is 2.43 bits per heavy atom. The molecule has 0 nitrogen and oxygen atoms in total. The van der Waals surface area contributed by atoms with Crippen molar-refractivity contribution in [3.63, 3.8) is 0 Å². The largest absolute Gasteiger partial charge is 0.0629 e. The Balaban J connectivity index is 3.56. The van der Waals surface area contributed by atoms with E-state index in [0.717, 1.165) is 0 Å².